The normalized spacial score (nSPS) is 14.5. The van der Waals surface area contributed by atoms with Crippen molar-refractivity contribution in [3.8, 4) is 11.5 Å². The van der Waals surface area contributed by atoms with Crippen molar-refractivity contribution in [2.75, 3.05) is 13.2 Å². The predicted octanol–water partition coefficient (Wildman–Crippen LogP) is 7.15. The second-order valence-electron chi connectivity index (χ2n) is 10.4. The summed E-state index contributed by atoms with van der Waals surface area (Å²) in [6.07, 6.45) is 17.2. The van der Waals surface area contributed by atoms with Crippen molar-refractivity contribution in [1.82, 2.24) is 24.4 Å². The molecular weight excluding hydrogens is 534 g/mol. The molecule has 8 heteroatoms. The molecule has 0 amide bonds. The van der Waals surface area contributed by atoms with Crippen LogP contribution in [0.25, 0.3) is 16.6 Å². The van der Waals surface area contributed by atoms with Crippen molar-refractivity contribution < 1.29 is 9.47 Å². The number of benzene rings is 2. The van der Waals surface area contributed by atoms with E-state index in [0.717, 1.165) is 76.6 Å². The molecule has 0 spiro atoms. The number of nitrogens with zero attached hydrogens (tertiary/aromatic N) is 5. The number of hydrogen-bond acceptors (Lipinski definition) is 6. The number of ether oxygens (including phenoxy) is 2. The Kier molecular flexibility index (Phi) is 8.44. The molecule has 210 valence electrons. The summed E-state index contributed by atoms with van der Waals surface area (Å²) in [5.41, 5.74) is 6.18. The summed E-state index contributed by atoms with van der Waals surface area (Å²) in [5.74, 6) is 2.51. The first-order chi connectivity index (χ1) is 20.2. The highest BCUT2D eigenvalue weighted by molar-refractivity contribution is 6.30. The first-order valence-electron chi connectivity index (χ1n) is 14.3. The highest BCUT2D eigenvalue weighted by atomic mass is 35.5. The summed E-state index contributed by atoms with van der Waals surface area (Å²) >= 11 is 6.93. The van der Waals surface area contributed by atoms with Gasteiger partial charge >= 0.3 is 0 Å². The fourth-order valence-corrected chi connectivity index (χ4v) is 5.54. The van der Waals surface area contributed by atoms with Gasteiger partial charge in [0.1, 0.15) is 19.0 Å². The predicted molar refractivity (Wildman–Crippen MR) is 163 cm³/mol. The lowest BCUT2D eigenvalue weighted by molar-refractivity contribution is 0.170. The molecule has 0 fully saturated rings. The quantitative estimate of drug-likeness (QED) is 0.203. The topological polar surface area (TPSA) is 65.3 Å². The van der Waals surface area contributed by atoms with Crippen LogP contribution in [0.1, 0.15) is 48.8 Å². The zero-order valence-electron chi connectivity index (χ0n) is 23.3. The fourth-order valence-electron chi connectivity index (χ4n) is 5.30. The molecule has 7 nitrogen and oxygen atoms in total. The zero-order valence-corrected chi connectivity index (χ0v) is 24.1. The molecule has 0 saturated heterocycles. The van der Waals surface area contributed by atoms with Gasteiger partial charge in [-0.05, 0) is 48.2 Å². The van der Waals surface area contributed by atoms with Gasteiger partial charge in [0.15, 0.2) is 16.7 Å². The number of halogens is 1. The number of aromatic nitrogens is 4. The molecule has 4 aromatic rings. The molecule has 3 heterocycles. The number of unbranched alkanes of at least 4 members (excludes halogenated alkanes) is 1. The molecule has 2 aromatic heterocycles. The Hall–Kier alpha value is -3.94. The monoisotopic (exact) mass is 567 g/mol. The Balaban J connectivity index is 1.35. The number of fused-ring (bicyclic) bond motifs is 2. The Labute approximate surface area is 245 Å². The summed E-state index contributed by atoms with van der Waals surface area (Å²) < 4.78 is 13.9. The molecule has 2 aliphatic rings. The third-order valence-electron chi connectivity index (χ3n) is 7.32. The average molecular weight is 568 g/mol. The van der Waals surface area contributed by atoms with Crippen LogP contribution >= 0.6 is 11.6 Å². The minimum Gasteiger partial charge on any atom is -0.486 e. The van der Waals surface area contributed by atoms with Gasteiger partial charge in [-0.2, -0.15) is 0 Å². The maximum absolute atomic E-state index is 6.93. The molecule has 0 unspecified atom stereocenters. The lowest BCUT2D eigenvalue weighted by Gasteiger charge is -2.25. The van der Waals surface area contributed by atoms with E-state index in [1.807, 2.05) is 12.1 Å². The second-order valence-corrected chi connectivity index (χ2v) is 10.7. The molecule has 41 heavy (non-hydrogen) atoms. The van der Waals surface area contributed by atoms with E-state index in [1.54, 1.807) is 12.4 Å². The largest absolute Gasteiger partial charge is 0.486 e. The van der Waals surface area contributed by atoms with Crippen LogP contribution < -0.4 is 9.47 Å². The van der Waals surface area contributed by atoms with Gasteiger partial charge in [-0.3, -0.25) is 14.9 Å². The minimum absolute atomic E-state index is 0.551. The first kappa shape index (κ1) is 27.2. The fraction of sp³-hybridized carbons (Fsp3) is 0.303. The van der Waals surface area contributed by atoms with E-state index in [0.29, 0.717) is 38.0 Å². The molecule has 6 rings (SSSR count). The summed E-state index contributed by atoms with van der Waals surface area (Å²) in [5, 5.41) is 0.551. The van der Waals surface area contributed by atoms with Crippen molar-refractivity contribution in [3.05, 3.63) is 107 Å². The Morgan fingerprint density at radius 3 is 2.54 bits per heavy atom. The van der Waals surface area contributed by atoms with E-state index in [9.17, 15) is 0 Å². The molecular formula is C33H34ClN5O2. The average Bonchev–Trinajstić information content (AvgIpc) is 3.15. The Morgan fingerprint density at radius 1 is 0.902 bits per heavy atom. The van der Waals surface area contributed by atoms with Crippen LogP contribution in [0.4, 0.5) is 0 Å². The summed E-state index contributed by atoms with van der Waals surface area (Å²) in [6, 6.07) is 12.5. The van der Waals surface area contributed by atoms with Crippen molar-refractivity contribution in [2.45, 2.75) is 52.4 Å². The summed E-state index contributed by atoms with van der Waals surface area (Å²) in [4.78, 5) is 16.2. The van der Waals surface area contributed by atoms with Crippen molar-refractivity contribution in [1.29, 1.82) is 0 Å². The third-order valence-corrected chi connectivity index (χ3v) is 7.63. The van der Waals surface area contributed by atoms with E-state index >= 15 is 0 Å². The van der Waals surface area contributed by atoms with Crippen molar-refractivity contribution >= 4 is 28.2 Å². The number of rotatable bonds is 10. The van der Waals surface area contributed by atoms with Crippen LogP contribution in [-0.4, -0.2) is 37.6 Å². The molecule has 0 saturated carbocycles. The second kappa shape index (κ2) is 12.7. The number of imidazole rings is 1. The van der Waals surface area contributed by atoms with Crippen LogP contribution in [0.3, 0.4) is 0 Å². The number of hydrogen-bond donors (Lipinski definition) is 0. The molecule has 1 aliphatic heterocycles. The van der Waals surface area contributed by atoms with E-state index < -0.39 is 0 Å². The Morgan fingerprint density at radius 2 is 1.68 bits per heavy atom. The van der Waals surface area contributed by atoms with Gasteiger partial charge in [0.25, 0.3) is 0 Å². The standard InChI is InChI=1S/C33H34ClN5O2/c1-2-3-16-39-29(32(34)37-33(39)26-8-6-4-5-7-9-26)23-38(21-24-10-12-27-28(19-24)36-15-14-35-27)22-25-11-13-30-31(20-25)41-18-17-40-30/h4,6-15,19-20H,2-3,5,16-18,21-23H2,1H3. The smallest absolute Gasteiger partial charge is 0.161 e. The molecule has 0 atom stereocenters. The maximum atomic E-state index is 6.93. The maximum Gasteiger partial charge on any atom is 0.161 e. The van der Waals surface area contributed by atoms with Gasteiger partial charge in [0.05, 0.1) is 16.7 Å². The highest BCUT2D eigenvalue weighted by Crippen LogP contribution is 2.32. The summed E-state index contributed by atoms with van der Waals surface area (Å²) in [7, 11) is 0. The molecule has 1 aliphatic carbocycles. The lowest BCUT2D eigenvalue weighted by atomic mass is 10.1. The van der Waals surface area contributed by atoms with Crippen LogP contribution in [0.15, 0.2) is 79.2 Å². The van der Waals surface area contributed by atoms with E-state index in [1.165, 1.54) is 0 Å². The van der Waals surface area contributed by atoms with Gasteiger partial charge in [0.2, 0.25) is 0 Å². The Bertz CT molecular complexity index is 1620. The molecule has 0 radical (unpaired) electrons. The van der Waals surface area contributed by atoms with Gasteiger partial charge in [-0.1, -0.05) is 67.5 Å². The van der Waals surface area contributed by atoms with Gasteiger partial charge < -0.3 is 14.0 Å². The molecule has 0 N–H and O–H groups in total. The lowest BCUT2D eigenvalue weighted by Crippen LogP contribution is -2.25. The van der Waals surface area contributed by atoms with Crippen LogP contribution in [-0.2, 0) is 26.2 Å². The van der Waals surface area contributed by atoms with Gasteiger partial charge in [-0.25, -0.2) is 4.98 Å². The summed E-state index contributed by atoms with van der Waals surface area (Å²) in [6.45, 7) is 6.25. The van der Waals surface area contributed by atoms with E-state index in [2.05, 4.69) is 81.0 Å². The van der Waals surface area contributed by atoms with Crippen LogP contribution in [0, 0.1) is 0 Å². The minimum atomic E-state index is 0.551. The first-order valence-corrected chi connectivity index (χ1v) is 14.6. The SMILES string of the molecule is CCCCn1c(C2=CC=CCC=C2)nc(Cl)c1CN(Cc1ccc2c(c1)OCCO2)Cc1ccc2nccnc2c1. The van der Waals surface area contributed by atoms with Gasteiger partial charge in [-0.15, -0.1) is 0 Å². The van der Waals surface area contributed by atoms with Crippen LogP contribution in [0.2, 0.25) is 5.15 Å². The van der Waals surface area contributed by atoms with E-state index in [4.69, 9.17) is 26.1 Å². The van der Waals surface area contributed by atoms with Gasteiger partial charge in [0, 0.05) is 44.1 Å². The van der Waals surface area contributed by atoms with Crippen LogP contribution in [0.5, 0.6) is 11.5 Å². The number of allylic oxidation sites excluding steroid dienone is 6. The van der Waals surface area contributed by atoms with E-state index in [-0.39, 0.29) is 0 Å². The van der Waals surface area contributed by atoms with Crippen molar-refractivity contribution in [2.24, 2.45) is 0 Å². The third kappa shape index (κ3) is 6.37. The highest BCUT2D eigenvalue weighted by Gasteiger charge is 2.21. The molecule has 0 bridgehead atoms. The zero-order chi connectivity index (χ0) is 28.0. The molecule has 2 aromatic carbocycles. The van der Waals surface area contributed by atoms with Crippen molar-refractivity contribution in [3.63, 3.8) is 0 Å².